The highest BCUT2D eigenvalue weighted by Gasteiger charge is 2.23. The van der Waals surface area contributed by atoms with Crippen molar-refractivity contribution in [3.8, 4) is 0 Å². The minimum atomic E-state index is 0.271. The van der Waals surface area contributed by atoms with Crippen LogP contribution in [0.15, 0.2) is 4.99 Å². The van der Waals surface area contributed by atoms with Crippen molar-refractivity contribution >= 4 is 5.84 Å². The molecule has 0 saturated carbocycles. The van der Waals surface area contributed by atoms with Gasteiger partial charge in [0.15, 0.2) is 0 Å². The van der Waals surface area contributed by atoms with E-state index in [4.69, 9.17) is 4.99 Å². The van der Waals surface area contributed by atoms with Crippen LogP contribution in [0, 0.1) is 0 Å². The molecule has 0 saturated heterocycles. The first kappa shape index (κ1) is 39.5. The largest absolute Gasteiger partial charge is 0.396 e. The summed E-state index contributed by atoms with van der Waals surface area (Å²) in [5.74, 6) is 1.35. The van der Waals surface area contributed by atoms with E-state index in [2.05, 4.69) is 18.7 Å². The number of rotatable bonds is 34. The fourth-order valence-electron chi connectivity index (χ4n) is 6.77. The lowest BCUT2D eigenvalue weighted by atomic mass is 10.0. The van der Waals surface area contributed by atoms with Crippen LogP contribution >= 0.6 is 0 Å². The van der Waals surface area contributed by atoms with E-state index >= 15 is 0 Å². The molecule has 0 aromatic rings. The summed E-state index contributed by atoms with van der Waals surface area (Å²) in [6.45, 7) is 7.10. The Hall–Kier alpha value is -0.570. The second-order valence-electron chi connectivity index (χ2n) is 13.8. The monoisotopic (exact) mass is 591 g/mol. The van der Waals surface area contributed by atoms with E-state index in [1.165, 1.54) is 205 Å². The Morgan fingerprint density at radius 1 is 0.500 bits per heavy atom. The zero-order valence-electron chi connectivity index (χ0n) is 29.2. The molecule has 42 heavy (non-hydrogen) atoms. The molecule has 0 aromatic heterocycles. The van der Waals surface area contributed by atoms with Crippen LogP contribution in [-0.2, 0) is 0 Å². The van der Waals surface area contributed by atoms with Crippen molar-refractivity contribution in [3.05, 3.63) is 0 Å². The van der Waals surface area contributed by atoms with Crippen LogP contribution < -0.4 is 0 Å². The van der Waals surface area contributed by atoms with E-state index in [9.17, 15) is 5.11 Å². The summed E-state index contributed by atoms with van der Waals surface area (Å²) in [7, 11) is 0. The quantitative estimate of drug-likeness (QED) is 0.0756. The van der Waals surface area contributed by atoms with Crippen LogP contribution in [0.5, 0.6) is 0 Å². The first-order chi connectivity index (χ1) is 20.8. The highest BCUT2D eigenvalue weighted by Crippen LogP contribution is 2.20. The van der Waals surface area contributed by atoms with Gasteiger partial charge in [0.2, 0.25) is 0 Å². The fourth-order valence-corrected chi connectivity index (χ4v) is 6.77. The maximum Gasteiger partial charge on any atom is 0.0993 e. The molecule has 1 aliphatic heterocycles. The molecule has 3 heteroatoms. The van der Waals surface area contributed by atoms with Gasteiger partial charge < -0.3 is 10.0 Å². The van der Waals surface area contributed by atoms with Gasteiger partial charge in [-0.25, -0.2) is 0 Å². The Morgan fingerprint density at radius 2 is 0.833 bits per heavy atom. The molecule has 1 N–H and O–H groups in total. The first-order valence-corrected chi connectivity index (χ1v) is 19.7. The molecular formula is C39H78N2O. The third-order valence-corrected chi connectivity index (χ3v) is 9.63. The van der Waals surface area contributed by atoms with Gasteiger partial charge in [-0.1, -0.05) is 194 Å². The van der Waals surface area contributed by atoms with Crippen LogP contribution in [0.4, 0.5) is 0 Å². The minimum absolute atomic E-state index is 0.271. The minimum Gasteiger partial charge on any atom is -0.396 e. The molecule has 1 rings (SSSR count). The number of aliphatic hydroxyl groups is 1. The molecule has 0 amide bonds. The van der Waals surface area contributed by atoms with E-state index in [-0.39, 0.29) is 6.61 Å². The van der Waals surface area contributed by atoms with Gasteiger partial charge in [-0.3, -0.25) is 4.99 Å². The van der Waals surface area contributed by atoms with Gasteiger partial charge in [0.05, 0.1) is 11.9 Å². The lowest BCUT2D eigenvalue weighted by molar-refractivity contribution is 0.269. The SMILES string of the molecule is CCCCCCCCCCCCCCCCCCN1CC(CCO)N=C1CCCCCCCCCCCCCCCC. The van der Waals surface area contributed by atoms with Crippen molar-refractivity contribution in [2.45, 2.75) is 225 Å². The van der Waals surface area contributed by atoms with Gasteiger partial charge >= 0.3 is 0 Å². The molecule has 0 spiro atoms. The number of unbranched alkanes of at least 4 members (excludes halogenated alkanes) is 28. The summed E-state index contributed by atoms with van der Waals surface area (Å²) in [5.41, 5.74) is 0. The standard InChI is InChI=1S/C39H78N2O/c1-3-5-7-9-11-13-15-17-19-20-22-24-26-28-30-32-35-41-37-38(34-36-42)40-39(41)33-31-29-27-25-23-21-18-16-14-12-10-8-6-4-2/h38,42H,3-37H2,1-2H3. The molecule has 0 aromatic carbocycles. The van der Waals surface area contributed by atoms with E-state index < -0.39 is 0 Å². The molecular weight excluding hydrogens is 512 g/mol. The lowest BCUT2D eigenvalue weighted by Gasteiger charge is -2.21. The predicted molar refractivity (Wildman–Crippen MR) is 189 cm³/mol. The number of nitrogens with zero attached hydrogens (tertiary/aromatic N) is 2. The maximum atomic E-state index is 9.44. The predicted octanol–water partition coefficient (Wildman–Crippen LogP) is 12.6. The topological polar surface area (TPSA) is 35.8 Å². The third-order valence-electron chi connectivity index (χ3n) is 9.63. The van der Waals surface area contributed by atoms with Crippen LogP contribution in [0.1, 0.15) is 219 Å². The van der Waals surface area contributed by atoms with E-state index in [0.29, 0.717) is 6.04 Å². The summed E-state index contributed by atoms with van der Waals surface area (Å²) in [6.07, 6.45) is 44.7. The van der Waals surface area contributed by atoms with E-state index in [1.54, 1.807) is 0 Å². The van der Waals surface area contributed by atoms with Crippen molar-refractivity contribution in [2.24, 2.45) is 4.99 Å². The van der Waals surface area contributed by atoms with Crippen LogP contribution in [0.25, 0.3) is 0 Å². The maximum absolute atomic E-state index is 9.44. The van der Waals surface area contributed by atoms with Gasteiger partial charge in [-0.2, -0.15) is 0 Å². The average Bonchev–Trinajstić information content (AvgIpc) is 3.38. The Kier molecular flexibility index (Phi) is 29.9. The molecule has 0 bridgehead atoms. The molecule has 0 aliphatic carbocycles. The highest BCUT2D eigenvalue weighted by molar-refractivity contribution is 5.84. The van der Waals surface area contributed by atoms with Gasteiger partial charge in [-0.05, 0) is 19.3 Å². The highest BCUT2D eigenvalue weighted by atomic mass is 16.3. The smallest absolute Gasteiger partial charge is 0.0993 e. The Labute approximate surface area is 265 Å². The van der Waals surface area contributed by atoms with Gasteiger partial charge in [0.25, 0.3) is 0 Å². The molecule has 0 fully saturated rings. The summed E-state index contributed by atoms with van der Waals surface area (Å²) >= 11 is 0. The van der Waals surface area contributed by atoms with Crippen LogP contribution in [0.3, 0.4) is 0 Å². The molecule has 1 atom stereocenters. The fraction of sp³-hybridized carbons (Fsp3) is 0.974. The summed E-state index contributed by atoms with van der Waals surface area (Å²) in [5, 5.41) is 9.44. The van der Waals surface area contributed by atoms with Gasteiger partial charge in [0, 0.05) is 26.1 Å². The van der Waals surface area contributed by atoms with Gasteiger partial charge in [-0.15, -0.1) is 0 Å². The zero-order chi connectivity index (χ0) is 30.2. The Bertz CT molecular complexity index is 563. The molecule has 0 radical (unpaired) electrons. The van der Waals surface area contributed by atoms with Crippen LogP contribution in [-0.4, -0.2) is 41.6 Å². The van der Waals surface area contributed by atoms with Crippen molar-refractivity contribution in [2.75, 3.05) is 19.7 Å². The zero-order valence-corrected chi connectivity index (χ0v) is 29.2. The van der Waals surface area contributed by atoms with Gasteiger partial charge in [0.1, 0.15) is 0 Å². The molecule has 1 aliphatic rings. The summed E-state index contributed by atoms with van der Waals surface area (Å²) < 4.78 is 0. The van der Waals surface area contributed by atoms with Crippen molar-refractivity contribution in [3.63, 3.8) is 0 Å². The lowest BCUT2D eigenvalue weighted by Crippen LogP contribution is -2.30. The van der Waals surface area contributed by atoms with E-state index in [1.807, 2.05) is 0 Å². The number of hydrogen-bond donors (Lipinski definition) is 1. The summed E-state index contributed by atoms with van der Waals surface area (Å²) in [6, 6.07) is 0.331. The summed E-state index contributed by atoms with van der Waals surface area (Å²) in [4.78, 5) is 7.61. The number of hydrogen-bond acceptors (Lipinski definition) is 3. The first-order valence-electron chi connectivity index (χ1n) is 19.7. The average molecular weight is 591 g/mol. The van der Waals surface area contributed by atoms with Crippen molar-refractivity contribution in [1.29, 1.82) is 0 Å². The van der Waals surface area contributed by atoms with Crippen molar-refractivity contribution < 1.29 is 5.11 Å². The second kappa shape index (κ2) is 31.8. The molecule has 1 unspecified atom stereocenters. The second-order valence-corrected chi connectivity index (χ2v) is 13.8. The number of aliphatic hydroxyl groups excluding tert-OH is 1. The normalized spacial score (nSPS) is 15.2. The van der Waals surface area contributed by atoms with Crippen LogP contribution in [0.2, 0.25) is 0 Å². The number of amidine groups is 1. The Balaban J connectivity index is 1.96. The molecule has 1 heterocycles. The number of aliphatic imine (C=N–C) groups is 1. The Morgan fingerprint density at radius 3 is 1.19 bits per heavy atom. The van der Waals surface area contributed by atoms with E-state index in [0.717, 1.165) is 19.4 Å². The van der Waals surface area contributed by atoms with Crippen molar-refractivity contribution in [1.82, 2.24) is 4.90 Å². The molecule has 250 valence electrons. The molecule has 3 nitrogen and oxygen atoms in total. The third kappa shape index (κ3) is 24.8.